The van der Waals surface area contributed by atoms with Gasteiger partial charge in [-0.2, -0.15) is 0 Å². The second-order valence-corrected chi connectivity index (χ2v) is 9.49. The maximum atomic E-state index is 12.7. The third-order valence-electron chi connectivity index (χ3n) is 6.22. The van der Waals surface area contributed by atoms with Crippen molar-refractivity contribution in [2.75, 3.05) is 0 Å². The van der Waals surface area contributed by atoms with E-state index in [1.807, 2.05) is 73.7 Å². The Balaban J connectivity index is 1.50. The van der Waals surface area contributed by atoms with E-state index in [2.05, 4.69) is 26.5 Å². The Bertz CT molecular complexity index is 935. The normalized spacial score (nSPS) is 19.1. The Morgan fingerprint density at radius 1 is 1.00 bits per heavy atom. The van der Waals surface area contributed by atoms with Crippen LogP contribution in [0.1, 0.15) is 70.1 Å². The standard InChI is InChI=1S/C31H38O3/c1-5-28-29(33-28)19-13-12-14-23(2)20-24(3)21-25(4)22-30(32)34-31(26-15-8-6-9-16-26)27-17-10-7-11-18-27/h5-11,15-18,21-23,28-29,31H,1,12-14,19-20H2,2-4H3/b24-21+,25-22+/t23-,28+,29-/m1/s1. The first-order valence-electron chi connectivity index (χ1n) is 12.4. The second-order valence-electron chi connectivity index (χ2n) is 9.49. The van der Waals surface area contributed by atoms with Gasteiger partial charge in [0.15, 0.2) is 6.10 Å². The lowest BCUT2D eigenvalue weighted by Crippen LogP contribution is -2.11. The maximum absolute atomic E-state index is 12.7. The third kappa shape index (κ3) is 8.46. The van der Waals surface area contributed by atoms with Crippen molar-refractivity contribution in [3.63, 3.8) is 0 Å². The molecule has 3 atom stereocenters. The second kappa shape index (κ2) is 13.1. The number of hydrogen-bond acceptors (Lipinski definition) is 3. The summed E-state index contributed by atoms with van der Waals surface area (Å²) in [6.45, 7) is 10.2. The van der Waals surface area contributed by atoms with Crippen molar-refractivity contribution in [1.82, 2.24) is 0 Å². The molecular weight excluding hydrogens is 420 g/mol. The molecule has 1 saturated heterocycles. The fraction of sp³-hybridized carbons (Fsp3) is 0.387. The molecule has 1 fully saturated rings. The predicted octanol–water partition coefficient (Wildman–Crippen LogP) is 7.75. The third-order valence-corrected chi connectivity index (χ3v) is 6.22. The number of esters is 1. The van der Waals surface area contributed by atoms with Gasteiger partial charge in [-0.15, -0.1) is 6.58 Å². The van der Waals surface area contributed by atoms with E-state index in [1.165, 1.54) is 24.8 Å². The molecule has 0 spiro atoms. The molecule has 3 nitrogen and oxygen atoms in total. The molecule has 3 rings (SSSR count). The van der Waals surface area contributed by atoms with Crippen molar-refractivity contribution in [3.05, 3.63) is 108 Å². The Hall–Kier alpha value is -2.91. The first kappa shape index (κ1) is 25.7. The largest absolute Gasteiger partial charge is 0.449 e. The molecule has 0 aliphatic carbocycles. The van der Waals surface area contributed by atoms with Crippen LogP contribution in [0.15, 0.2) is 96.6 Å². The van der Waals surface area contributed by atoms with Gasteiger partial charge in [0.2, 0.25) is 0 Å². The predicted molar refractivity (Wildman–Crippen MR) is 139 cm³/mol. The number of allylic oxidation sites excluding steroid dienone is 3. The molecule has 1 aliphatic rings. The zero-order valence-electron chi connectivity index (χ0n) is 20.8. The van der Waals surface area contributed by atoms with Gasteiger partial charge in [-0.25, -0.2) is 4.79 Å². The zero-order valence-corrected chi connectivity index (χ0v) is 20.8. The van der Waals surface area contributed by atoms with Crippen LogP contribution in [0.4, 0.5) is 0 Å². The highest BCUT2D eigenvalue weighted by atomic mass is 16.6. The highest BCUT2D eigenvalue weighted by Gasteiger charge is 2.34. The average Bonchev–Trinajstić information content (AvgIpc) is 3.60. The number of carbonyl (C=O) groups is 1. The van der Waals surface area contributed by atoms with Crippen LogP contribution in [0.3, 0.4) is 0 Å². The van der Waals surface area contributed by atoms with E-state index < -0.39 is 6.10 Å². The summed E-state index contributed by atoms with van der Waals surface area (Å²) in [5.74, 6) is 0.291. The summed E-state index contributed by atoms with van der Waals surface area (Å²) in [6.07, 6.45) is 11.7. The van der Waals surface area contributed by atoms with Crippen LogP contribution in [0.5, 0.6) is 0 Å². The molecule has 1 heterocycles. The minimum atomic E-state index is -0.424. The van der Waals surface area contributed by atoms with Crippen molar-refractivity contribution in [1.29, 1.82) is 0 Å². The van der Waals surface area contributed by atoms with Crippen molar-refractivity contribution in [3.8, 4) is 0 Å². The topological polar surface area (TPSA) is 38.8 Å². The summed E-state index contributed by atoms with van der Waals surface area (Å²) in [4.78, 5) is 12.7. The first-order chi connectivity index (χ1) is 16.5. The van der Waals surface area contributed by atoms with Gasteiger partial charge < -0.3 is 9.47 Å². The molecule has 0 amide bonds. The van der Waals surface area contributed by atoms with Gasteiger partial charge in [-0.05, 0) is 49.3 Å². The minimum absolute atomic E-state index is 0.291. The lowest BCUT2D eigenvalue weighted by molar-refractivity contribution is -0.141. The van der Waals surface area contributed by atoms with Gasteiger partial charge in [0.25, 0.3) is 0 Å². The highest BCUT2D eigenvalue weighted by Crippen LogP contribution is 2.29. The smallest absolute Gasteiger partial charge is 0.331 e. The number of ether oxygens (including phenoxy) is 2. The molecule has 0 unspecified atom stereocenters. The number of hydrogen-bond donors (Lipinski definition) is 0. The summed E-state index contributed by atoms with van der Waals surface area (Å²) in [7, 11) is 0. The van der Waals surface area contributed by atoms with Gasteiger partial charge in [0, 0.05) is 6.08 Å². The van der Waals surface area contributed by atoms with Crippen molar-refractivity contribution < 1.29 is 14.3 Å². The Morgan fingerprint density at radius 2 is 1.62 bits per heavy atom. The number of unbranched alkanes of at least 4 members (excludes halogenated alkanes) is 1. The van der Waals surface area contributed by atoms with E-state index in [0.717, 1.165) is 29.5 Å². The zero-order chi connectivity index (χ0) is 24.3. The van der Waals surface area contributed by atoms with Crippen LogP contribution in [-0.4, -0.2) is 18.2 Å². The fourth-order valence-corrected chi connectivity index (χ4v) is 4.50. The van der Waals surface area contributed by atoms with E-state index in [-0.39, 0.29) is 5.97 Å². The Kier molecular flexibility index (Phi) is 9.90. The van der Waals surface area contributed by atoms with Gasteiger partial charge in [-0.3, -0.25) is 0 Å². The molecule has 3 heteroatoms. The Morgan fingerprint density at radius 3 is 2.18 bits per heavy atom. The van der Waals surface area contributed by atoms with Crippen LogP contribution in [-0.2, 0) is 14.3 Å². The lowest BCUT2D eigenvalue weighted by atomic mass is 9.95. The van der Waals surface area contributed by atoms with Crippen molar-refractivity contribution in [2.24, 2.45) is 5.92 Å². The molecule has 180 valence electrons. The number of epoxide rings is 1. The van der Waals surface area contributed by atoms with E-state index in [4.69, 9.17) is 9.47 Å². The van der Waals surface area contributed by atoms with E-state index >= 15 is 0 Å². The van der Waals surface area contributed by atoms with E-state index in [0.29, 0.717) is 18.1 Å². The molecule has 34 heavy (non-hydrogen) atoms. The number of rotatable bonds is 13. The molecule has 0 aromatic heterocycles. The molecule has 2 aromatic carbocycles. The maximum Gasteiger partial charge on any atom is 0.331 e. The van der Waals surface area contributed by atoms with Gasteiger partial charge in [0.05, 0.1) is 6.10 Å². The molecule has 2 aromatic rings. The van der Waals surface area contributed by atoms with E-state index in [9.17, 15) is 4.79 Å². The summed E-state index contributed by atoms with van der Waals surface area (Å²) in [5.41, 5.74) is 4.12. The SMILES string of the molecule is C=C[C@@H]1O[C@@H]1CCCC[C@@H](C)C/C(C)=C/C(C)=C/C(=O)OC(c1ccccc1)c1ccccc1. The average molecular weight is 459 g/mol. The first-order valence-corrected chi connectivity index (χ1v) is 12.4. The monoisotopic (exact) mass is 458 g/mol. The Labute approximate surface area is 205 Å². The summed E-state index contributed by atoms with van der Waals surface area (Å²) < 4.78 is 11.4. The molecule has 0 bridgehead atoms. The van der Waals surface area contributed by atoms with Crippen LogP contribution < -0.4 is 0 Å². The van der Waals surface area contributed by atoms with Crippen LogP contribution in [0.2, 0.25) is 0 Å². The minimum Gasteiger partial charge on any atom is -0.449 e. The summed E-state index contributed by atoms with van der Waals surface area (Å²) in [5, 5.41) is 0. The van der Waals surface area contributed by atoms with Gasteiger partial charge in [-0.1, -0.05) is 105 Å². The molecule has 0 N–H and O–H groups in total. The number of benzene rings is 2. The lowest BCUT2D eigenvalue weighted by Gasteiger charge is -2.18. The molecule has 0 radical (unpaired) electrons. The van der Waals surface area contributed by atoms with E-state index in [1.54, 1.807) is 6.08 Å². The molecular formula is C31H38O3. The molecule has 0 saturated carbocycles. The van der Waals surface area contributed by atoms with Crippen molar-refractivity contribution in [2.45, 2.75) is 71.2 Å². The summed E-state index contributed by atoms with van der Waals surface area (Å²) in [6, 6.07) is 19.7. The molecule has 1 aliphatic heterocycles. The van der Waals surface area contributed by atoms with Crippen LogP contribution >= 0.6 is 0 Å². The highest BCUT2D eigenvalue weighted by molar-refractivity contribution is 5.83. The quantitative estimate of drug-likeness (QED) is 0.0769. The van der Waals surface area contributed by atoms with Crippen molar-refractivity contribution >= 4 is 5.97 Å². The van der Waals surface area contributed by atoms with Crippen LogP contribution in [0, 0.1) is 5.92 Å². The number of carbonyl (C=O) groups excluding carboxylic acids is 1. The summed E-state index contributed by atoms with van der Waals surface area (Å²) >= 11 is 0. The van der Waals surface area contributed by atoms with Gasteiger partial charge in [0.1, 0.15) is 6.10 Å². The van der Waals surface area contributed by atoms with Gasteiger partial charge >= 0.3 is 5.97 Å². The fourth-order valence-electron chi connectivity index (χ4n) is 4.50. The van der Waals surface area contributed by atoms with Crippen LogP contribution in [0.25, 0.3) is 0 Å².